The molecule has 32 heavy (non-hydrogen) atoms. The minimum atomic E-state index is -4.36. The molecule has 0 radical (unpaired) electrons. The van der Waals surface area contributed by atoms with Gasteiger partial charge in [-0.05, 0) is 80.5 Å². The lowest BCUT2D eigenvalue weighted by Gasteiger charge is -2.47. The van der Waals surface area contributed by atoms with Crippen LogP contribution in [0.15, 0.2) is 24.3 Å². The highest BCUT2D eigenvalue weighted by Crippen LogP contribution is 2.42. The number of carboxylic acid groups (broad SMARTS) is 1. The lowest BCUT2D eigenvalue weighted by atomic mass is 9.72. The van der Waals surface area contributed by atoms with E-state index in [1.165, 1.54) is 12.1 Å². The minimum absolute atomic E-state index is 0.0328. The molecule has 1 saturated carbocycles. The average molecular weight is 456 g/mol. The zero-order chi connectivity index (χ0) is 23.3. The predicted octanol–water partition coefficient (Wildman–Crippen LogP) is 5.96. The molecule has 0 spiro atoms. The number of carboxylic acids is 1. The second-order valence-corrected chi connectivity index (χ2v) is 9.83. The summed E-state index contributed by atoms with van der Waals surface area (Å²) in [6.45, 7) is 6.84. The Morgan fingerprint density at radius 2 is 1.78 bits per heavy atom. The quantitative estimate of drug-likeness (QED) is 0.526. The first-order chi connectivity index (χ1) is 15.1. The number of hydrogen-bond donors (Lipinski definition) is 1. The first-order valence-electron chi connectivity index (χ1n) is 11.9. The van der Waals surface area contributed by atoms with E-state index in [2.05, 4.69) is 18.7 Å². The van der Waals surface area contributed by atoms with Crippen LogP contribution in [0, 0.1) is 11.8 Å². The highest BCUT2D eigenvalue weighted by Gasteiger charge is 2.39. The number of aliphatic carboxylic acids is 1. The van der Waals surface area contributed by atoms with Gasteiger partial charge in [0.25, 0.3) is 0 Å². The smallest absolute Gasteiger partial charge is 0.416 e. The highest BCUT2D eigenvalue weighted by molar-refractivity contribution is 5.67. The van der Waals surface area contributed by atoms with Crippen LogP contribution in [0.1, 0.15) is 75.8 Å². The van der Waals surface area contributed by atoms with Gasteiger partial charge in [0.05, 0.1) is 5.56 Å². The van der Waals surface area contributed by atoms with Crippen LogP contribution in [-0.4, -0.2) is 47.8 Å². The van der Waals surface area contributed by atoms with Crippen molar-refractivity contribution in [3.8, 4) is 0 Å². The molecule has 1 aliphatic carbocycles. The summed E-state index contributed by atoms with van der Waals surface area (Å²) in [4.78, 5) is 13.9. The van der Waals surface area contributed by atoms with Gasteiger partial charge in [0.1, 0.15) is 0 Å². The van der Waals surface area contributed by atoms with Crippen molar-refractivity contribution in [2.45, 2.75) is 83.0 Å². The van der Waals surface area contributed by atoms with Gasteiger partial charge in [-0.25, -0.2) is 0 Å². The van der Waals surface area contributed by atoms with E-state index in [0.717, 1.165) is 57.4 Å². The van der Waals surface area contributed by atoms with Crippen molar-refractivity contribution in [2.24, 2.45) is 11.8 Å². The number of rotatable bonds is 8. The molecule has 1 aromatic rings. The second kappa shape index (κ2) is 11.0. The fraction of sp³-hybridized carbons (Fsp3) is 0.720. The van der Waals surface area contributed by atoms with Crippen LogP contribution in [0.2, 0.25) is 0 Å². The molecule has 3 rings (SSSR count). The van der Waals surface area contributed by atoms with E-state index in [0.29, 0.717) is 18.4 Å². The topological polar surface area (TPSA) is 49.8 Å². The summed E-state index contributed by atoms with van der Waals surface area (Å²) in [6.07, 6.45) is 1.17. The van der Waals surface area contributed by atoms with Crippen molar-refractivity contribution < 1.29 is 27.8 Å². The van der Waals surface area contributed by atoms with E-state index in [1.54, 1.807) is 12.1 Å². The maximum absolute atomic E-state index is 13.1. The lowest BCUT2D eigenvalue weighted by Crippen LogP contribution is -2.50. The van der Waals surface area contributed by atoms with Gasteiger partial charge in [-0.1, -0.05) is 26.0 Å². The Hall–Kier alpha value is -1.60. The van der Waals surface area contributed by atoms with Crippen molar-refractivity contribution in [2.75, 3.05) is 19.8 Å². The maximum Gasteiger partial charge on any atom is 0.416 e. The predicted molar refractivity (Wildman–Crippen MR) is 118 cm³/mol. The van der Waals surface area contributed by atoms with Crippen LogP contribution in [-0.2, 0) is 15.7 Å². The Morgan fingerprint density at radius 1 is 1.12 bits per heavy atom. The van der Waals surface area contributed by atoms with Gasteiger partial charge in [-0.2, -0.15) is 13.2 Å². The van der Waals surface area contributed by atoms with Gasteiger partial charge in [0, 0.05) is 31.7 Å². The van der Waals surface area contributed by atoms with Gasteiger partial charge in [0.15, 0.2) is 0 Å². The third kappa shape index (κ3) is 6.70. The SMILES string of the molecule is CC(C)CCN(C1CCOCC1)[C@@H]1CC[C@@H](CC(=O)O)C[C@H]1c1ccc(C(F)(F)F)cc1. The summed E-state index contributed by atoms with van der Waals surface area (Å²) in [6, 6.07) is 6.15. The van der Waals surface area contributed by atoms with Gasteiger partial charge in [0.2, 0.25) is 0 Å². The molecule has 3 atom stereocenters. The molecule has 1 aliphatic heterocycles. The number of hydrogen-bond acceptors (Lipinski definition) is 3. The lowest BCUT2D eigenvalue weighted by molar-refractivity contribution is -0.139. The van der Waals surface area contributed by atoms with Gasteiger partial charge in [-0.15, -0.1) is 0 Å². The van der Waals surface area contributed by atoms with Crippen molar-refractivity contribution in [3.05, 3.63) is 35.4 Å². The molecule has 2 fully saturated rings. The number of alkyl halides is 3. The summed E-state index contributed by atoms with van der Waals surface area (Å²) in [5.74, 6) is -0.158. The fourth-order valence-corrected chi connectivity index (χ4v) is 5.39. The Kier molecular flexibility index (Phi) is 8.62. The van der Waals surface area contributed by atoms with E-state index in [4.69, 9.17) is 4.74 Å². The number of carbonyl (C=O) groups is 1. The molecule has 1 aromatic carbocycles. The van der Waals surface area contributed by atoms with Crippen LogP contribution in [0.3, 0.4) is 0 Å². The van der Waals surface area contributed by atoms with Crippen molar-refractivity contribution in [3.63, 3.8) is 0 Å². The van der Waals surface area contributed by atoms with Crippen LogP contribution in [0.4, 0.5) is 13.2 Å². The molecule has 180 valence electrons. The molecule has 1 saturated heterocycles. The van der Waals surface area contributed by atoms with Crippen LogP contribution in [0.5, 0.6) is 0 Å². The number of nitrogens with zero attached hydrogens (tertiary/aromatic N) is 1. The Bertz CT molecular complexity index is 729. The summed E-state index contributed by atoms with van der Waals surface area (Å²) < 4.78 is 44.9. The normalized spacial score (nSPS) is 25.4. The van der Waals surface area contributed by atoms with E-state index >= 15 is 0 Å². The molecule has 4 nitrogen and oxygen atoms in total. The molecule has 1 heterocycles. The monoisotopic (exact) mass is 455 g/mol. The molecule has 1 N–H and O–H groups in total. The van der Waals surface area contributed by atoms with Gasteiger partial charge in [-0.3, -0.25) is 9.69 Å². The van der Waals surface area contributed by atoms with Crippen molar-refractivity contribution >= 4 is 5.97 Å². The number of halogens is 3. The van der Waals surface area contributed by atoms with E-state index < -0.39 is 17.7 Å². The van der Waals surface area contributed by atoms with Crippen molar-refractivity contribution in [1.82, 2.24) is 4.90 Å². The Labute approximate surface area is 189 Å². The average Bonchev–Trinajstić information content (AvgIpc) is 2.74. The summed E-state index contributed by atoms with van der Waals surface area (Å²) in [7, 11) is 0. The molecule has 0 aromatic heterocycles. The molecule has 0 bridgehead atoms. The minimum Gasteiger partial charge on any atom is -0.481 e. The number of ether oxygens (including phenoxy) is 1. The molecular formula is C25H36F3NO3. The molecular weight excluding hydrogens is 419 g/mol. The first-order valence-corrected chi connectivity index (χ1v) is 11.9. The van der Waals surface area contributed by atoms with E-state index in [1.807, 2.05) is 0 Å². The van der Waals surface area contributed by atoms with Crippen molar-refractivity contribution in [1.29, 1.82) is 0 Å². The van der Waals surface area contributed by atoms with Crippen LogP contribution >= 0.6 is 0 Å². The van der Waals surface area contributed by atoms with Gasteiger partial charge < -0.3 is 9.84 Å². The van der Waals surface area contributed by atoms with E-state index in [-0.39, 0.29) is 24.3 Å². The highest BCUT2D eigenvalue weighted by atomic mass is 19.4. The molecule has 7 heteroatoms. The second-order valence-electron chi connectivity index (χ2n) is 9.83. The van der Waals surface area contributed by atoms with Crippen LogP contribution < -0.4 is 0 Å². The van der Waals surface area contributed by atoms with E-state index in [9.17, 15) is 23.1 Å². The summed E-state index contributed by atoms with van der Waals surface area (Å²) in [5, 5.41) is 9.32. The standard InChI is InChI=1S/C25H36F3NO3/c1-17(2)9-12-29(21-10-13-32-14-11-21)23-8-3-18(16-24(30)31)15-22(23)19-4-6-20(7-5-19)25(26,27)28/h4-7,17-18,21-23H,3,8-16H2,1-2H3,(H,30,31)/t18-,22+,23-/m1/s1. The molecule has 0 amide bonds. The Morgan fingerprint density at radius 3 is 2.34 bits per heavy atom. The van der Waals surface area contributed by atoms with Gasteiger partial charge >= 0.3 is 12.1 Å². The number of benzene rings is 1. The van der Waals surface area contributed by atoms with Crippen LogP contribution in [0.25, 0.3) is 0 Å². The summed E-state index contributed by atoms with van der Waals surface area (Å²) in [5.41, 5.74) is 0.247. The summed E-state index contributed by atoms with van der Waals surface area (Å²) >= 11 is 0. The maximum atomic E-state index is 13.1. The first kappa shape index (κ1) is 25.0. The zero-order valence-corrected chi connectivity index (χ0v) is 19.1. The zero-order valence-electron chi connectivity index (χ0n) is 19.1. The fourth-order valence-electron chi connectivity index (χ4n) is 5.39. The third-order valence-electron chi connectivity index (χ3n) is 7.10. The molecule has 0 unspecified atom stereocenters. The third-order valence-corrected chi connectivity index (χ3v) is 7.10. The molecule has 2 aliphatic rings. The largest absolute Gasteiger partial charge is 0.481 e. The Balaban J connectivity index is 1.89.